The van der Waals surface area contributed by atoms with Crippen molar-refractivity contribution in [1.82, 2.24) is 4.57 Å². The van der Waals surface area contributed by atoms with Crippen LogP contribution in [0.4, 0.5) is 0 Å². The molecular formula is C21H15NOS. The largest absolute Gasteiger partial charge is 0.316 e. The second kappa shape index (κ2) is 6.38. The number of pyridine rings is 1. The maximum atomic E-state index is 12.0. The molecule has 1 heterocycles. The molecule has 0 fully saturated rings. The molecule has 1 aromatic heterocycles. The maximum Gasteiger partial charge on any atom is 0.189 e. The standard InChI is InChI=1S/C21H15NOS/c23-21-14-15-22(20-9-5-4-8-19(20)21)16-10-12-18(13-11-16)24-17-6-2-1-3-7-17/h1-15H. The van der Waals surface area contributed by atoms with Gasteiger partial charge in [0.05, 0.1) is 5.52 Å². The number of hydrogen-bond donors (Lipinski definition) is 0. The Kier molecular flexibility index (Phi) is 3.93. The molecule has 4 rings (SSSR count). The van der Waals surface area contributed by atoms with Gasteiger partial charge >= 0.3 is 0 Å². The van der Waals surface area contributed by atoms with Crippen molar-refractivity contribution >= 4 is 22.7 Å². The predicted octanol–water partition coefficient (Wildman–Crippen LogP) is 5.14. The summed E-state index contributed by atoms with van der Waals surface area (Å²) in [5, 5.41) is 0.739. The normalized spacial score (nSPS) is 10.8. The van der Waals surface area contributed by atoms with E-state index in [1.807, 2.05) is 53.2 Å². The lowest BCUT2D eigenvalue weighted by Gasteiger charge is -2.11. The molecule has 0 radical (unpaired) electrons. The van der Waals surface area contributed by atoms with Crippen LogP contribution in [0.5, 0.6) is 0 Å². The SMILES string of the molecule is O=c1ccn(-c2ccc(Sc3ccccc3)cc2)c2ccccc12. The van der Waals surface area contributed by atoms with Crippen LogP contribution in [-0.4, -0.2) is 4.57 Å². The zero-order valence-electron chi connectivity index (χ0n) is 12.9. The summed E-state index contributed by atoms with van der Waals surface area (Å²) < 4.78 is 2.05. The zero-order chi connectivity index (χ0) is 16.4. The maximum absolute atomic E-state index is 12.0. The van der Waals surface area contributed by atoms with Crippen LogP contribution in [-0.2, 0) is 0 Å². The van der Waals surface area contributed by atoms with E-state index < -0.39 is 0 Å². The molecule has 0 N–H and O–H groups in total. The number of nitrogens with zero attached hydrogens (tertiary/aromatic N) is 1. The first-order valence-corrected chi connectivity index (χ1v) is 8.57. The van der Waals surface area contributed by atoms with Gasteiger partial charge in [-0.25, -0.2) is 0 Å². The first-order valence-electron chi connectivity index (χ1n) is 7.75. The van der Waals surface area contributed by atoms with Crippen LogP contribution >= 0.6 is 11.8 Å². The van der Waals surface area contributed by atoms with E-state index in [1.54, 1.807) is 17.8 Å². The Hall–Kier alpha value is -2.78. The second-order valence-electron chi connectivity index (χ2n) is 5.48. The average Bonchev–Trinajstić information content (AvgIpc) is 2.64. The van der Waals surface area contributed by atoms with Crippen molar-refractivity contribution in [3.63, 3.8) is 0 Å². The lowest BCUT2D eigenvalue weighted by Crippen LogP contribution is -2.06. The number of rotatable bonds is 3. The molecule has 0 spiro atoms. The first-order chi connectivity index (χ1) is 11.8. The Morgan fingerprint density at radius 2 is 1.33 bits per heavy atom. The van der Waals surface area contributed by atoms with Crippen molar-refractivity contribution in [3.05, 3.63) is 101 Å². The Morgan fingerprint density at radius 3 is 2.12 bits per heavy atom. The minimum absolute atomic E-state index is 0.0538. The molecule has 4 aromatic rings. The van der Waals surface area contributed by atoms with Gasteiger partial charge in [-0.2, -0.15) is 0 Å². The van der Waals surface area contributed by atoms with Gasteiger partial charge in [0.25, 0.3) is 0 Å². The molecule has 0 aliphatic heterocycles. The van der Waals surface area contributed by atoms with Crippen molar-refractivity contribution in [2.75, 3.05) is 0 Å². The monoisotopic (exact) mass is 329 g/mol. The molecule has 3 aromatic carbocycles. The molecule has 0 amide bonds. The summed E-state index contributed by atoms with van der Waals surface area (Å²) in [6.45, 7) is 0. The number of para-hydroxylation sites is 1. The van der Waals surface area contributed by atoms with Crippen molar-refractivity contribution < 1.29 is 0 Å². The van der Waals surface area contributed by atoms with Crippen molar-refractivity contribution in [2.24, 2.45) is 0 Å². The van der Waals surface area contributed by atoms with E-state index in [0.29, 0.717) is 0 Å². The third kappa shape index (κ3) is 2.86. The van der Waals surface area contributed by atoms with Crippen molar-refractivity contribution in [2.45, 2.75) is 9.79 Å². The van der Waals surface area contributed by atoms with Crippen molar-refractivity contribution in [3.8, 4) is 5.69 Å². The average molecular weight is 329 g/mol. The second-order valence-corrected chi connectivity index (χ2v) is 6.62. The molecule has 0 aliphatic carbocycles. The summed E-state index contributed by atoms with van der Waals surface area (Å²) in [6.07, 6.45) is 1.84. The highest BCUT2D eigenvalue weighted by Gasteiger charge is 2.04. The van der Waals surface area contributed by atoms with Crippen LogP contribution in [0, 0.1) is 0 Å². The van der Waals surface area contributed by atoms with Crippen LogP contribution in [0.25, 0.3) is 16.6 Å². The summed E-state index contributed by atoms with van der Waals surface area (Å²) in [7, 11) is 0. The summed E-state index contributed by atoms with van der Waals surface area (Å²) >= 11 is 1.74. The molecule has 24 heavy (non-hydrogen) atoms. The quantitative estimate of drug-likeness (QED) is 0.519. The van der Waals surface area contributed by atoms with Crippen LogP contribution in [0.1, 0.15) is 0 Å². The van der Waals surface area contributed by atoms with E-state index in [0.717, 1.165) is 16.6 Å². The van der Waals surface area contributed by atoms with Crippen LogP contribution < -0.4 is 5.43 Å². The fraction of sp³-hybridized carbons (Fsp3) is 0. The Morgan fingerprint density at radius 1 is 0.667 bits per heavy atom. The van der Waals surface area contributed by atoms with Gasteiger partial charge in [0.15, 0.2) is 5.43 Å². The molecular weight excluding hydrogens is 314 g/mol. The van der Waals surface area contributed by atoms with Gasteiger partial charge in [-0.05, 0) is 48.5 Å². The van der Waals surface area contributed by atoms with Crippen LogP contribution in [0.2, 0.25) is 0 Å². The molecule has 0 saturated carbocycles. The van der Waals surface area contributed by atoms with E-state index in [4.69, 9.17) is 0 Å². The first kappa shape index (κ1) is 14.8. The van der Waals surface area contributed by atoms with Gasteiger partial charge in [0.1, 0.15) is 0 Å². The highest BCUT2D eigenvalue weighted by Crippen LogP contribution is 2.28. The van der Waals surface area contributed by atoms with Gasteiger partial charge in [-0.1, -0.05) is 42.1 Å². The summed E-state index contributed by atoms with van der Waals surface area (Å²) in [4.78, 5) is 14.4. The van der Waals surface area contributed by atoms with E-state index in [-0.39, 0.29) is 5.43 Å². The van der Waals surface area contributed by atoms with E-state index in [9.17, 15) is 4.79 Å². The topological polar surface area (TPSA) is 22.0 Å². The Labute approximate surface area is 144 Å². The third-order valence-electron chi connectivity index (χ3n) is 3.90. The number of hydrogen-bond acceptors (Lipinski definition) is 2. The molecule has 3 heteroatoms. The van der Waals surface area contributed by atoms with E-state index >= 15 is 0 Å². The summed E-state index contributed by atoms with van der Waals surface area (Å²) in [5.41, 5.74) is 2.02. The van der Waals surface area contributed by atoms with E-state index in [1.165, 1.54) is 9.79 Å². The minimum atomic E-state index is 0.0538. The molecule has 2 nitrogen and oxygen atoms in total. The highest BCUT2D eigenvalue weighted by molar-refractivity contribution is 7.99. The predicted molar refractivity (Wildman–Crippen MR) is 100 cm³/mol. The van der Waals surface area contributed by atoms with Gasteiger partial charge in [0.2, 0.25) is 0 Å². The van der Waals surface area contributed by atoms with Gasteiger partial charge in [-0.15, -0.1) is 0 Å². The molecule has 0 atom stereocenters. The van der Waals surface area contributed by atoms with Gasteiger partial charge in [-0.3, -0.25) is 4.79 Å². The van der Waals surface area contributed by atoms with Gasteiger partial charge < -0.3 is 4.57 Å². The fourth-order valence-electron chi connectivity index (χ4n) is 2.73. The van der Waals surface area contributed by atoms with E-state index in [2.05, 4.69) is 36.4 Å². The number of aromatic nitrogens is 1. The number of fused-ring (bicyclic) bond motifs is 1. The number of benzene rings is 3. The zero-order valence-corrected chi connectivity index (χ0v) is 13.7. The van der Waals surface area contributed by atoms with Gasteiger partial charge in [0, 0.05) is 33.1 Å². The van der Waals surface area contributed by atoms with Crippen molar-refractivity contribution in [1.29, 1.82) is 0 Å². The lowest BCUT2D eigenvalue weighted by molar-refractivity contribution is 1.09. The highest BCUT2D eigenvalue weighted by atomic mass is 32.2. The summed E-state index contributed by atoms with van der Waals surface area (Å²) in [5.74, 6) is 0. The lowest BCUT2D eigenvalue weighted by atomic mass is 10.2. The minimum Gasteiger partial charge on any atom is -0.316 e. The van der Waals surface area contributed by atoms with Crippen LogP contribution in [0.3, 0.4) is 0 Å². The van der Waals surface area contributed by atoms with Crippen LogP contribution in [0.15, 0.2) is 106 Å². The summed E-state index contributed by atoms with van der Waals surface area (Å²) in [6, 6.07) is 28.0. The fourth-order valence-corrected chi connectivity index (χ4v) is 3.57. The Bertz CT molecular complexity index is 1040. The smallest absolute Gasteiger partial charge is 0.189 e. The molecule has 0 aliphatic rings. The molecule has 0 saturated heterocycles. The Balaban J connectivity index is 1.71. The molecule has 0 bridgehead atoms. The third-order valence-corrected chi connectivity index (χ3v) is 4.91. The molecule has 0 unspecified atom stereocenters. The molecule has 116 valence electrons.